The molecule has 128 valence electrons. The number of nitrogens with one attached hydrogen (secondary N) is 1. The second kappa shape index (κ2) is 7.08. The molecule has 0 aromatic carbocycles. The van der Waals surface area contributed by atoms with Gasteiger partial charge in [0.25, 0.3) is 5.91 Å². The normalized spacial score (nSPS) is 11.6. The number of alkyl halides is 3. The first-order chi connectivity index (χ1) is 11.2. The molecule has 10 heteroatoms. The van der Waals surface area contributed by atoms with Crippen molar-refractivity contribution in [3.63, 3.8) is 0 Å². The SMILES string of the molecule is CC(C)c1ncc(Cl)c(C(=O)NCc2ncc(C(F)(F)F)cn2)n1. The fraction of sp³-hybridized carbons (Fsp3) is 0.357. The average Bonchev–Trinajstić information content (AvgIpc) is 2.52. The zero-order valence-electron chi connectivity index (χ0n) is 12.7. The highest BCUT2D eigenvalue weighted by Gasteiger charge is 2.31. The molecule has 0 saturated heterocycles. The number of nitrogens with zero attached hydrogens (tertiary/aromatic N) is 4. The summed E-state index contributed by atoms with van der Waals surface area (Å²) in [5, 5.41) is 2.53. The Kier molecular flexibility index (Phi) is 5.33. The molecule has 0 radical (unpaired) electrons. The highest BCUT2D eigenvalue weighted by molar-refractivity contribution is 6.33. The standard InChI is InChI=1S/C14H13ClF3N5O/c1-7(2)12-21-5-9(15)11(23-12)13(24)22-6-10-19-3-8(4-20-10)14(16,17)18/h3-5,7H,6H2,1-2H3,(H,22,24). The average molecular weight is 360 g/mol. The second-order valence-electron chi connectivity index (χ2n) is 5.15. The number of aromatic nitrogens is 4. The van der Waals surface area contributed by atoms with Crippen molar-refractivity contribution in [3.05, 3.63) is 46.5 Å². The van der Waals surface area contributed by atoms with Gasteiger partial charge in [-0.05, 0) is 0 Å². The molecule has 0 saturated carbocycles. The fourth-order valence-corrected chi connectivity index (χ4v) is 1.83. The van der Waals surface area contributed by atoms with E-state index in [-0.39, 0.29) is 29.0 Å². The van der Waals surface area contributed by atoms with Crippen molar-refractivity contribution in [2.75, 3.05) is 0 Å². The third-order valence-corrected chi connectivity index (χ3v) is 3.21. The number of hydrogen-bond donors (Lipinski definition) is 1. The summed E-state index contributed by atoms with van der Waals surface area (Å²) in [7, 11) is 0. The van der Waals surface area contributed by atoms with E-state index in [1.165, 1.54) is 6.20 Å². The Morgan fingerprint density at radius 3 is 2.38 bits per heavy atom. The summed E-state index contributed by atoms with van der Waals surface area (Å²) < 4.78 is 37.3. The van der Waals surface area contributed by atoms with Gasteiger partial charge in [-0.2, -0.15) is 13.2 Å². The van der Waals surface area contributed by atoms with Gasteiger partial charge in [0.05, 0.1) is 23.3 Å². The smallest absolute Gasteiger partial charge is 0.343 e. The number of amides is 1. The van der Waals surface area contributed by atoms with Crippen LogP contribution < -0.4 is 5.32 Å². The Morgan fingerprint density at radius 2 is 1.83 bits per heavy atom. The second-order valence-corrected chi connectivity index (χ2v) is 5.56. The van der Waals surface area contributed by atoms with Crippen LogP contribution in [0.5, 0.6) is 0 Å². The molecular weight excluding hydrogens is 347 g/mol. The van der Waals surface area contributed by atoms with Gasteiger partial charge in [-0.3, -0.25) is 4.79 Å². The van der Waals surface area contributed by atoms with Gasteiger partial charge >= 0.3 is 6.18 Å². The molecular formula is C14H13ClF3N5O. The third kappa shape index (κ3) is 4.38. The maximum Gasteiger partial charge on any atom is 0.419 e. The van der Waals surface area contributed by atoms with Crippen molar-refractivity contribution >= 4 is 17.5 Å². The molecule has 0 bridgehead atoms. The molecule has 1 amide bonds. The van der Waals surface area contributed by atoms with E-state index in [1.54, 1.807) is 0 Å². The van der Waals surface area contributed by atoms with E-state index in [1.807, 2.05) is 13.8 Å². The van der Waals surface area contributed by atoms with Crippen molar-refractivity contribution in [2.45, 2.75) is 32.5 Å². The van der Waals surface area contributed by atoms with Crippen LogP contribution in [0, 0.1) is 0 Å². The van der Waals surface area contributed by atoms with Crippen LogP contribution in [0.2, 0.25) is 5.02 Å². The van der Waals surface area contributed by atoms with Crippen LogP contribution in [0.1, 0.15) is 47.5 Å². The van der Waals surface area contributed by atoms with E-state index >= 15 is 0 Å². The maximum absolute atomic E-state index is 12.4. The summed E-state index contributed by atoms with van der Waals surface area (Å²) >= 11 is 5.91. The van der Waals surface area contributed by atoms with Crippen LogP contribution in [0.4, 0.5) is 13.2 Å². The lowest BCUT2D eigenvalue weighted by molar-refractivity contribution is -0.138. The molecule has 1 N–H and O–H groups in total. The zero-order chi connectivity index (χ0) is 17.9. The van der Waals surface area contributed by atoms with E-state index in [0.717, 1.165) is 0 Å². The summed E-state index contributed by atoms with van der Waals surface area (Å²) in [5.74, 6) is -0.0965. The predicted molar refractivity (Wildman–Crippen MR) is 79.3 cm³/mol. The summed E-state index contributed by atoms with van der Waals surface area (Å²) in [4.78, 5) is 27.4. The molecule has 0 aliphatic carbocycles. The molecule has 2 heterocycles. The predicted octanol–water partition coefficient (Wildman–Crippen LogP) is 2.99. The van der Waals surface area contributed by atoms with Crippen LogP contribution >= 0.6 is 11.6 Å². The van der Waals surface area contributed by atoms with E-state index < -0.39 is 17.6 Å². The molecule has 0 aliphatic heterocycles. The van der Waals surface area contributed by atoms with Crippen molar-refractivity contribution in [3.8, 4) is 0 Å². The largest absolute Gasteiger partial charge is 0.419 e. The van der Waals surface area contributed by atoms with Crippen molar-refractivity contribution in [1.29, 1.82) is 0 Å². The van der Waals surface area contributed by atoms with Gasteiger partial charge in [-0.25, -0.2) is 19.9 Å². The van der Waals surface area contributed by atoms with Gasteiger partial charge in [-0.15, -0.1) is 0 Å². The van der Waals surface area contributed by atoms with Gasteiger partial charge in [0.15, 0.2) is 0 Å². The van der Waals surface area contributed by atoms with Gasteiger partial charge in [-0.1, -0.05) is 25.4 Å². The number of carbonyl (C=O) groups is 1. The lowest BCUT2D eigenvalue weighted by Crippen LogP contribution is -2.26. The van der Waals surface area contributed by atoms with Crippen molar-refractivity contribution < 1.29 is 18.0 Å². The third-order valence-electron chi connectivity index (χ3n) is 2.93. The lowest BCUT2D eigenvalue weighted by atomic mass is 10.2. The van der Waals surface area contributed by atoms with E-state index in [0.29, 0.717) is 18.2 Å². The molecule has 2 aromatic heterocycles. The Balaban J connectivity index is 2.07. The van der Waals surface area contributed by atoms with Crippen molar-refractivity contribution in [1.82, 2.24) is 25.3 Å². The molecule has 0 fully saturated rings. The van der Waals surface area contributed by atoms with Crippen LogP contribution in [-0.2, 0) is 12.7 Å². The lowest BCUT2D eigenvalue weighted by Gasteiger charge is -2.09. The minimum absolute atomic E-state index is 0.00654. The first-order valence-corrected chi connectivity index (χ1v) is 7.25. The molecule has 2 rings (SSSR count). The fourth-order valence-electron chi connectivity index (χ4n) is 1.65. The van der Waals surface area contributed by atoms with Crippen LogP contribution in [0.15, 0.2) is 18.6 Å². The van der Waals surface area contributed by atoms with Gasteiger partial charge in [0, 0.05) is 18.3 Å². The summed E-state index contributed by atoms with van der Waals surface area (Å²) in [6, 6.07) is 0. The van der Waals surface area contributed by atoms with Crippen LogP contribution in [-0.4, -0.2) is 25.8 Å². The first kappa shape index (κ1) is 18.1. The van der Waals surface area contributed by atoms with E-state index in [2.05, 4.69) is 25.3 Å². The van der Waals surface area contributed by atoms with Crippen molar-refractivity contribution in [2.24, 2.45) is 0 Å². The Hall–Kier alpha value is -2.29. The summed E-state index contributed by atoms with van der Waals surface area (Å²) in [6.45, 7) is 3.57. The quantitative estimate of drug-likeness (QED) is 0.907. The summed E-state index contributed by atoms with van der Waals surface area (Å²) in [6.07, 6.45) is -1.87. The Morgan fingerprint density at radius 1 is 1.21 bits per heavy atom. The zero-order valence-corrected chi connectivity index (χ0v) is 13.5. The van der Waals surface area contributed by atoms with E-state index in [9.17, 15) is 18.0 Å². The highest BCUT2D eigenvalue weighted by Crippen LogP contribution is 2.27. The van der Waals surface area contributed by atoms with Gasteiger partial charge in [0.2, 0.25) is 0 Å². The Bertz CT molecular complexity index is 734. The number of carbonyl (C=O) groups excluding carboxylic acids is 1. The van der Waals surface area contributed by atoms with Crippen LogP contribution in [0.3, 0.4) is 0 Å². The molecule has 24 heavy (non-hydrogen) atoms. The van der Waals surface area contributed by atoms with Gasteiger partial charge in [0.1, 0.15) is 17.3 Å². The molecule has 6 nitrogen and oxygen atoms in total. The molecule has 0 spiro atoms. The number of halogens is 4. The number of hydrogen-bond acceptors (Lipinski definition) is 5. The Labute approximate surface area is 140 Å². The minimum Gasteiger partial charge on any atom is -0.343 e. The monoisotopic (exact) mass is 359 g/mol. The van der Waals surface area contributed by atoms with E-state index in [4.69, 9.17) is 11.6 Å². The molecule has 2 aromatic rings. The number of rotatable bonds is 4. The molecule has 0 atom stereocenters. The highest BCUT2D eigenvalue weighted by atomic mass is 35.5. The topological polar surface area (TPSA) is 80.7 Å². The molecule has 0 aliphatic rings. The first-order valence-electron chi connectivity index (χ1n) is 6.87. The summed E-state index contributed by atoms with van der Waals surface area (Å²) in [5.41, 5.74) is -0.972. The maximum atomic E-state index is 12.4. The van der Waals surface area contributed by atoms with Gasteiger partial charge < -0.3 is 5.32 Å². The molecule has 0 unspecified atom stereocenters. The minimum atomic E-state index is -4.51. The van der Waals surface area contributed by atoms with Crippen LogP contribution in [0.25, 0.3) is 0 Å².